The molecule has 0 aliphatic carbocycles. The highest BCUT2D eigenvalue weighted by atomic mass is 19.1. The van der Waals surface area contributed by atoms with Crippen molar-refractivity contribution in [2.75, 3.05) is 0 Å². The Morgan fingerprint density at radius 1 is 1.46 bits per heavy atom. The summed E-state index contributed by atoms with van der Waals surface area (Å²) in [5.41, 5.74) is 2.46. The molecular formula is C12H13F. The van der Waals surface area contributed by atoms with Crippen LogP contribution in [0, 0.1) is 12.7 Å². The smallest absolute Gasteiger partial charge is 0.130 e. The molecule has 13 heavy (non-hydrogen) atoms. The molecule has 0 radical (unpaired) electrons. The molecule has 0 heterocycles. The van der Waals surface area contributed by atoms with Gasteiger partial charge in [-0.2, -0.15) is 0 Å². The van der Waals surface area contributed by atoms with Gasteiger partial charge in [0.2, 0.25) is 0 Å². The van der Waals surface area contributed by atoms with Crippen molar-refractivity contribution < 1.29 is 4.39 Å². The van der Waals surface area contributed by atoms with E-state index >= 15 is 0 Å². The van der Waals surface area contributed by atoms with E-state index < -0.39 is 0 Å². The Labute approximate surface area is 78.4 Å². The van der Waals surface area contributed by atoms with Crippen LogP contribution in [0.5, 0.6) is 0 Å². The van der Waals surface area contributed by atoms with Crippen LogP contribution in [0.15, 0.2) is 36.4 Å². The summed E-state index contributed by atoms with van der Waals surface area (Å²) in [6.07, 6.45) is 3.53. The van der Waals surface area contributed by atoms with Crippen molar-refractivity contribution in [3.8, 4) is 0 Å². The first-order valence-electron chi connectivity index (χ1n) is 4.19. The maximum Gasteiger partial charge on any atom is 0.130 e. The van der Waals surface area contributed by atoms with Crippen molar-refractivity contribution in [1.29, 1.82) is 0 Å². The predicted molar refractivity (Wildman–Crippen MR) is 55.0 cm³/mol. The van der Waals surface area contributed by atoms with E-state index in [1.165, 1.54) is 6.07 Å². The first-order valence-corrected chi connectivity index (χ1v) is 4.19. The predicted octanol–water partition coefficient (Wildman–Crippen LogP) is 3.72. The van der Waals surface area contributed by atoms with Gasteiger partial charge in [-0.15, -0.1) is 0 Å². The third kappa shape index (κ3) is 2.86. The lowest BCUT2D eigenvalue weighted by Gasteiger charge is -1.97. The highest BCUT2D eigenvalue weighted by Gasteiger charge is 1.96. The summed E-state index contributed by atoms with van der Waals surface area (Å²) < 4.78 is 13.2. The number of hydrogen-bond donors (Lipinski definition) is 0. The molecule has 0 nitrogen and oxygen atoms in total. The zero-order valence-electron chi connectivity index (χ0n) is 7.97. The summed E-state index contributed by atoms with van der Waals surface area (Å²) in [5, 5.41) is 0. The minimum absolute atomic E-state index is 0.183. The second-order valence-electron chi connectivity index (χ2n) is 3.20. The van der Waals surface area contributed by atoms with E-state index in [1.807, 2.05) is 19.9 Å². The van der Waals surface area contributed by atoms with E-state index in [0.29, 0.717) is 5.56 Å². The van der Waals surface area contributed by atoms with E-state index in [1.54, 1.807) is 18.2 Å². The molecule has 0 N–H and O–H groups in total. The van der Waals surface area contributed by atoms with Crippen molar-refractivity contribution in [1.82, 2.24) is 0 Å². The standard InChI is InChI=1S/C12H13F/c1-9(2)4-6-11-7-5-10(3)8-12(11)13/h4-8H,1H2,2-3H3/b6-4+. The van der Waals surface area contributed by atoms with Gasteiger partial charge in [-0.25, -0.2) is 4.39 Å². The maximum absolute atomic E-state index is 13.2. The van der Waals surface area contributed by atoms with Gasteiger partial charge in [0.25, 0.3) is 0 Å². The van der Waals surface area contributed by atoms with E-state index in [9.17, 15) is 4.39 Å². The molecule has 0 aromatic heterocycles. The Hall–Kier alpha value is -1.37. The first-order chi connectivity index (χ1) is 6.09. The average molecular weight is 176 g/mol. The first kappa shape index (κ1) is 9.72. The Balaban J connectivity index is 2.96. The zero-order valence-corrected chi connectivity index (χ0v) is 7.97. The molecule has 68 valence electrons. The molecule has 0 atom stereocenters. The van der Waals surface area contributed by atoms with Gasteiger partial charge < -0.3 is 0 Å². The number of allylic oxidation sites excluding steroid dienone is 2. The summed E-state index contributed by atoms with van der Waals surface area (Å²) in [6, 6.07) is 5.18. The highest BCUT2D eigenvalue weighted by Crippen LogP contribution is 2.12. The molecule has 0 unspecified atom stereocenters. The lowest BCUT2D eigenvalue weighted by molar-refractivity contribution is 0.624. The molecule has 0 amide bonds. The molecule has 0 bridgehead atoms. The second kappa shape index (κ2) is 4.04. The fourth-order valence-electron chi connectivity index (χ4n) is 0.999. The van der Waals surface area contributed by atoms with Crippen LogP contribution in [-0.2, 0) is 0 Å². The summed E-state index contributed by atoms with van der Waals surface area (Å²) in [7, 11) is 0. The number of hydrogen-bond acceptors (Lipinski definition) is 0. The SMILES string of the molecule is C=C(C)/C=C/c1ccc(C)cc1F. The summed E-state index contributed by atoms with van der Waals surface area (Å²) >= 11 is 0. The Bertz CT molecular complexity index is 348. The molecule has 0 saturated heterocycles. The van der Waals surface area contributed by atoms with Gasteiger partial charge in [0.1, 0.15) is 5.82 Å². The van der Waals surface area contributed by atoms with Crippen LogP contribution in [0.3, 0.4) is 0 Å². The van der Waals surface area contributed by atoms with Crippen LogP contribution in [0.1, 0.15) is 18.1 Å². The Kier molecular flexibility index (Phi) is 3.02. The zero-order chi connectivity index (χ0) is 9.84. The van der Waals surface area contributed by atoms with Crippen molar-refractivity contribution in [3.05, 3.63) is 53.4 Å². The molecular weight excluding hydrogens is 163 g/mol. The van der Waals surface area contributed by atoms with Crippen LogP contribution in [0.25, 0.3) is 6.08 Å². The normalized spacial score (nSPS) is 10.7. The van der Waals surface area contributed by atoms with Crippen molar-refractivity contribution in [3.63, 3.8) is 0 Å². The van der Waals surface area contributed by atoms with Crippen molar-refractivity contribution in [2.24, 2.45) is 0 Å². The van der Waals surface area contributed by atoms with Crippen molar-refractivity contribution >= 4 is 6.08 Å². The van der Waals surface area contributed by atoms with Gasteiger partial charge in [0.15, 0.2) is 0 Å². The van der Waals surface area contributed by atoms with E-state index in [2.05, 4.69) is 6.58 Å². The average Bonchev–Trinajstić information content (AvgIpc) is 2.02. The van der Waals surface area contributed by atoms with E-state index in [-0.39, 0.29) is 5.82 Å². The summed E-state index contributed by atoms with van der Waals surface area (Å²) in [6.45, 7) is 7.46. The molecule has 0 aliphatic heterocycles. The molecule has 1 aromatic carbocycles. The quantitative estimate of drug-likeness (QED) is 0.602. The Morgan fingerprint density at radius 2 is 2.15 bits per heavy atom. The lowest BCUT2D eigenvalue weighted by Crippen LogP contribution is -1.82. The van der Waals surface area contributed by atoms with Gasteiger partial charge in [0, 0.05) is 5.56 Å². The molecule has 0 aliphatic rings. The monoisotopic (exact) mass is 176 g/mol. The third-order valence-corrected chi connectivity index (χ3v) is 1.70. The number of halogens is 1. The van der Waals surface area contributed by atoms with E-state index in [0.717, 1.165) is 11.1 Å². The Morgan fingerprint density at radius 3 is 2.69 bits per heavy atom. The van der Waals surface area contributed by atoms with Crippen LogP contribution in [-0.4, -0.2) is 0 Å². The molecule has 0 saturated carbocycles. The molecule has 1 aromatic rings. The van der Waals surface area contributed by atoms with Gasteiger partial charge in [-0.1, -0.05) is 36.4 Å². The largest absolute Gasteiger partial charge is 0.206 e. The minimum atomic E-state index is -0.183. The maximum atomic E-state index is 13.2. The molecule has 1 rings (SSSR count). The third-order valence-electron chi connectivity index (χ3n) is 1.70. The second-order valence-corrected chi connectivity index (χ2v) is 3.20. The fraction of sp³-hybridized carbons (Fsp3) is 0.167. The minimum Gasteiger partial charge on any atom is -0.206 e. The van der Waals surface area contributed by atoms with Crippen LogP contribution in [0.4, 0.5) is 4.39 Å². The highest BCUT2D eigenvalue weighted by molar-refractivity contribution is 5.53. The van der Waals surface area contributed by atoms with Gasteiger partial charge in [-0.3, -0.25) is 0 Å². The fourth-order valence-corrected chi connectivity index (χ4v) is 0.999. The van der Waals surface area contributed by atoms with Crippen molar-refractivity contribution in [2.45, 2.75) is 13.8 Å². The summed E-state index contributed by atoms with van der Waals surface area (Å²) in [4.78, 5) is 0. The van der Waals surface area contributed by atoms with Gasteiger partial charge in [-0.05, 0) is 25.5 Å². The van der Waals surface area contributed by atoms with E-state index in [4.69, 9.17) is 0 Å². The van der Waals surface area contributed by atoms with Crippen LogP contribution >= 0.6 is 0 Å². The molecule has 1 heteroatoms. The van der Waals surface area contributed by atoms with Crippen LogP contribution in [0.2, 0.25) is 0 Å². The van der Waals surface area contributed by atoms with Gasteiger partial charge >= 0.3 is 0 Å². The van der Waals surface area contributed by atoms with Gasteiger partial charge in [0.05, 0.1) is 0 Å². The number of rotatable bonds is 2. The van der Waals surface area contributed by atoms with Crippen LogP contribution < -0.4 is 0 Å². The topological polar surface area (TPSA) is 0 Å². The molecule has 0 spiro atoms. The number of aryl methyl sites for hydroxylation is 1. The number of benzene rings is 1. The lowest BCUT2D eigenvalue weighted by atomic mass is 10.1. The molecule has 0 fully saturated rings. The summed E-state index contributed by atoms with van der Waals surface area (Å²) in [5.74, 6) is -0.183.